The molecule has 0 saturated carbocycles. The zero-order valence-corrected chi connectivity index (χ0v) is 15.1. The van der Waals surface area contributed by atoms with Crippen molar-refractivity contribution in [2.75, 3.05) is 45.9 Å². The first-order valence-corrected chi connectivity index (χ1v) is 8.93. The van der Waals surface area contributed by atoms with Crippen LogP contribution in [0, 0.1) is 5.41 Å². The number of aromatic nitrogens is 3. The van der Waals surface area contributed by atoms with Gasteiger partial charge in [-0.15, -0.1) is 5.10 Å². The Hall–Kier alpha value is -1.47. The third-order valence-electron chi connectivity index (χ3n) is 4.58. The number of amides is 1. The van der Waals surface area contributed by atoms with E-state index in [4.69, 9.17) is 4.74 Å². The summed E-state index contributed by atoms with van der Waals surface area (Å²) in [7, 11) is 0. The quantitative estimate of drug-likeness (QED) is 0.836. The van der Waals surface area contributed by atoms with Gasteiger partial charge >= 0.3 is 0 Å². The number of rotatable bonds is 3. The van der Waals surface area contributed by atoms with Crippen LogP contribution in [0.1, 0.15) is 50.1 Å². The van der Waals surface area contributed by atoms with Gasteiger partial charge < -0.3 is 14.5 Å². The lowest BCUT2D eigenvalue weighted by Crippen LogP contribution is -2.41. The molecule has 3 heterocycles. The normalized spacial score (nSPS) is 23.5. The van der Waals surface area contributed by atoms with E-state index in [1.807, 2.05) is 10.9 Å². The van der Waals surface area contributed by atoms with Crippen molar-refractivity contribution in [3.8, 4) is 0 Å². The molecule has 0 unspecified atom stereocenters. The fourth-order valence-electron chi connectivity index (χ4n) is 3.54. The van der Waals surface area contributed by atoms with Crippen LogP contribution in [0.3, 0.4) is 0 Å². The summed E-state index contributed by atoms with van der Waals surface area (Å²) < 4.78 is 7.19. The molecule has 2 aliphatic heterocycles. The van der Waals surface area contributed by atoms with E-state index in [0.29, 0.717) is 43.5 Å². The summed E-state index contributed by atoms with van der Waals surface area (Å²) in [6, 6.07) is 0.305. The minimum Gasteiger partial charge on any atom is -0.378 e. The molecule has 0 bridgehead atoms. The molecule has 2 aliphatic rings. The Morgan fingerprint density at radius 1 is 1.29 bits per heavy atom. The number of likely N-dealkylation sites (tertiary alicyclic amines) is 1. The van der Waals surface area contributed by atoms with Crippen molar-refractivity contribution in [3.05, 3.63) is 11.9 Å². The van der Waals surface area contributed by atoms with E-state index in [9.17, 15) is 4.79 Å². The molecule has 134 valence electrons. The largest absolute Gasteiger partial charge is 0.378 e. The minimum atomic E-state index is -0.0353. The topological polar surface area (TPSA) is 63.5 Å². The molecule has 0 aliphatic carbocycles. The first kappa shape index (κ1) is 17.4. The van der Waals surface area contributed by atoms with Crippen LogP contribution in [-0.2, 0) is 4.74 Å². The molecule has 1 atom stereocenters. The van der Waals surface area contributed by atoms with Crippen LogP contribution >= 0.6 is 0 Å². The van der Waals surface area contributed by atoms with Crippen LogP contribution in [0.4, 0.5) is 0 Å². The lowest BCUT2D eigenvalue weighted by molar-refractivity contribution is 0.0299. The van der Waals surface area contributed by atoms with E-state index < -0.39 is 0 Å². The molecular formula is C17H29N5O2. The third-order valence-corrected chi connectivity index (χ3v) is 4.58. The maximum atomic E-state index is 12.5. The Morgan fingerprint density at radius 2 is 2.04 bits per heavy atom. The third kappa shape index (κ3) is 4.33. The van der Waals surface area contributed by atoms with Gasteiger partial charge in [-0.25, -0.2) is 4.68 Å². The smallest absolute Gasteiger partial charge is 0.276 e. The lowest BCUT2D eigenvalue weighted by atomic mass is 9.94. The van der Waals surface area contributed by atoms with Gasteiger partial charge in [-0.1, -0.05) is 26.0 Å². The second-order valence-corrected chi connectivity index (χ2v) is 8.08. The second-order valence-electron chi connectivity index (χ2n) is 8.08. The average Bonchev–Trinajstić information content (AvgIpc) is 3.03. The Morgan fingerprint density at radius 3 is 2.75 bits per heavy atom. The van der Waals surface area contributed by atoms with E-state index in [2.05, 4.69) is 36.0 Å². The summed E-state index contributed by atoms with van der Waals surface area (Å²) >= 11 is 0. The van der Waals surface area contributed by atoms with Crippen LogP contribution in [0.15, 0.2) is 6.20 Å². The Kier molecular flexibility index (Phi) is 5.20. The molecule has 0 spiro atoms. The number of morpholine rings is 1. The molecule has 3 rings (SSSR count). The predicted octanol–water partition coefficient (Wildman–Crippen LogP) is 1.43. The van der Waals surface area contributed by atoms with Crippen molar-refractivity contribution < 1.29 is 9.53 Å². The summed E-state index contributed by atoms with van der Waals surface area (Å²) in [5, 5.41) is 8.38. The zero-order chi connectivity index (χ0) is 17.2. The van der Waals surface area contributed by atoms with Gasteiger partial charge in [-0.3, -0.25) is 4.79 Å². The number of piperidine rings is 1. The molecule has 7 heteroatoms. The molecular weight excluding hydrogens is 306 g/mol. The Balaban J connectivity index is 1.63. The van der Waals surface area contributed by atoms with E-state index in [1.165, 1.54) is 0 Å². The summed E-state index contributed by atoms with van der Waals surface area (Å²) in [5.41, 5.74) is 0.742. The first-order chi connectivity index (χ1) is 11.4. The molecule has 1 amide bonds. The van der Waals surface area contributed by atoms with Crippen LogP contribution in [-0.4, -0.2) is 76.6 Å². The second kappa shape index (κ2) is 7.19. The van der Waals surface area contributed by atoms with Crippen molar-refractivity contribution >= 4 is 5.91 Å². The average molecular weight is 335 g/mol. The van der Waals surface area contributed by atoms with E-state index >= 15 is 0 Å². The minimum absolute atomic E-state index is 0.0353. The Bertz CT molecular complexity index is 560. The molecule has 2 saturated heterocycles. The van der Waals surface area contributed by atoms with Gasteiger partial charge in [0.1, 0.15) is 0 Å². The maximum Gasteiger partial charge on any atom is 0.276 e. The molecule has 24 heavy (non-hydrogen) atoms. The summed E-state index contributed by atoms with van der Waals surface area (Å²) in [4.78, 5) is 16.8. The summed E-state index contributed by atoms with van der Waals surface area (Å²) in [5.74, 6) is -0.0353. The SMILES string of the molecule is CC(C)(C)CN1CCC[C@@H](n2cc(C(=O)N3CCOCC3)nn2)C1. The number of hydrogen-bond acceptors (Lipinski definition) is 5. The highest BCUT2D eigenvalue weighted by Gasteiger charge is 2.27. The van der Waals surface area contributed by atoms with Gasteiger partial charge in [-0.05, 0) is 24.8 Å². The Labute approximate surface area is 143 Å². The summed E-state index contributed by atoms with van der Waals surface area (Å²) in [6.45, 7) is 12.5. The fourth-order valence-corrected chi connectivity index (χ4v) is 3.54. The lowest BCUT2D eigenvalue weighted by Gasteiger charge is -2.36. The van der Waals surface area contributed by atoms with Crippen LogP contribution in [0.5, 0.6) is 0 Å². The van der Waals surface area contributed by atoms with Crippen LogP contribution in [0.2, 0.25) is 0 Å². The van der Waals surface area contributed by atoms with E-state index in [-0.39, 0.29) is 5.91 Å². The molecule has 1 aromatic rings. The summed E-state index contributed by atoms with van der Waals surface area (Å²) in [6.07, 6.45) is 4.07. The molecule has 1 aromatic heterocycles. The highest BCUT2D eigenvalue weighted by molar-refractivity contribution is 5.92. The number of carbonyl (C=O) groups excluding carboxylic acids is 1. The van der Waals surface area contributed by atoms with Gasteiger partial charge in [0.2, 0.25) is 0 Å². The standard InChI is InChI=1S/C17H29N5O2/c1-17(2,3)13-20-6-4-5-14(11-20)22-12-15(18-19-22)16(23)21-7-9-24-10-8-21/h12,14H,4-11,13H2,1-3H3/t14-/m1/s1. The van der Waals surface area contributed by atoms with Crippen molar-refractivity contribution in [1.82, 2.24) is 24.8 Å². The number of ether oxygens (including phenoxy) is 1. The van der Waals surface area contributed by atoms with Gasteiger partial charge in [0.05, 0.1) is 25.5 Å². The van der Waals surface area contributed by atoms with Crippen LogP contribution in [0.25, 0.3) is 0 Å². The zero-order valence-electron chi connectivity index (χ0n) is 15.1. The van der Waals surface area contributed by atoms with Crippen molar-refractivity contribution in [1.29, 1.82) is 0 Å². The van der Waals surface area contributed by atoms with Crippen molar-refractivity contribution in [3.63, 3.8) is 0 Å². The van der Waals surface area contributed by atoms with E-state index in [0.717, 1.165) is 32.5 Å². The van der Waals surface area contributed by atoms with Crippen molar-refractivity contribution in [2.45, 2.75) is 39.7 Å². The maximum absolute atomic E-state index is 12.5. The van der Waals surface area contributed by atoms with Gasteiger partial charge in [-0.2, -0.15) is 0 Å². The van der Waals surface area contributed by atoms with Gasteiger partial charge in [0, 0.05) is 26.2 Å². The fraction of sp³-hybridized carbons (Fsp3) is 0.824. The number of carbonyl (C=O) groups is 1. The van der Waals surface area contributed by atoms with Crippen LogP contribution < -0.4 is 0 Å². The molecule has 2 fully saturated rings. The first-order valence-electron chi connectivity index (χ1n) is 8.93. The highest BCUT2D eigenvalue weighted by Crippen LogP contribution is 2.24. The van der Waals surface area contributed by atoms with Crippen molar-refractivity contribution in [2.24, 2.45) is 5.41 Å². The van der Waals surface area contributed by atoms with E-state index in [1.54, 1.807) is 4.90 Å². The number of nitrogens with zero attached hydrogens (tertiary/aromatic N) is 5. The van der Waals surface area contributed by atoms with Gasteiger partial charge in [0.15, 0.2) is 5.69 Å². The highest BCUT2D eigenvalue weighted by atomic mass is 16.5. The number of hydrogen-bond donors (Lipinski definition) is 0. The van der Waals surface area contributed by atoms with Gasteiger partial charge in [0.25, 0.3) is 5.91 Å². The molecule has 7 nitrogen and oxygen atoms in total. The predicted molar refractivity (Wildman–Crippen MR) is 90.9 cm³/mol. The molecule has 0 radical (unpaired) electrons. The monoisotopic (exact) mass is 335 g/mol. The molecule has 0 N–H and O–H groups in total. The molecule has 0 aromatic carbocycles.